The van der Waals surface area contributed by atoms with Crippen LogP contribution in [-0.4, -0.2) is 53.3 Å². The normalized spacial score (nSPS) is 16.9. The molecule has 53 heavy (non-hydrogen) atoms. The first-order valence-electron chi connectivity index (χ1n) is 20.7. The van der Waals surface area contributed by atoms with Crippen LogP contribution in [0.3, 0.4) is 0 Å². The van der Waals surface area contributed by atoms with Crippen LogP contribution in [-0.2, 0) is 32.9 Å². The lowest BCUT2D eigenvalue weighted by Gasteiger charge is -2.18. The molecule has 3 atom stereocenters. The van der Waals surface area contributed by atoms with Crippen molar-refractivity contribution in [3.8, 4) is 0 Å². The monoisotopic (exact) mass is 764 g/mol. The van der Waals surface area contributed by atoms with Gasteiger partial charge >= 0.3 is 19.8 Å². The van der Waals surface area contributed by atoms with E-state index in [1.165, 1.54) is 44.9 Å². The number of esters is 2. The molecule has 1 aliphatic rings. The summed E-state index contributed by atoms with van der Waals surface area (Å²) in [6, 6.07) is 0. The largest absolute Gasteiger partial charge is 0.469 e. The van der Waals surface area contributed by atoms with Crippen LogP contribution < -0.4 is 0 Å². The molecule has 0 aliphatic carbocycles. The molecule has 1 rings (SSSR count). The van der Waals surface area contributed by atoms with Crippen LogP contribution in [0, 0.1) is 0 Å². The number of phosphoric ester groups is 1. The van der Waals surface area contributed by atoms with Crippen molar-refractivity contribution in [3.63, 3.8) is 0 Å². The Labute approximate surface area is 322 Å². The highest BCUT2D eigenvalue weighted by Crippen LogP contribution is 2.36. The van der Waals surface area contributed by atoms with E-state index < -0.39 is 32.5 Å². The van der Waals surface area contributed by atoms with E-state index in [2.05, 4.69) is 79.1 Å². The number of ether oxygens (including phenoxy) is 3. The van der Waals surface area contributed by atoms with Gasteiger partial charge in [0.15, 0.2) is 6.10 Å². The fourth-order valence-electron chi connectivity index (χ4n) is 5.71. The van der Waals surface area contributed by atoms with Gasteiger partial charge in [0.2, 0.25) is 0 Å². The van der Waals surface area contributed by atoms with E-state index in [4.69, 9.17) is 24.0 Å². The van der Waals surface area contributed by atoms with Crippen molar-refractivity contribution in [2.75, 3.05) is 13.2 Å². The average molecular weight is 765 g/mol. The predicted octanol–water partition coefficient (Wildman–Crippen LogP) is 11.5. The van der Waals surface area contributed by atoms with E-state index in [-0.39, 0.29) is 19.4 Å². The third-order valence-electron chi connectivity index (χ3n) is 8.93. The summed E-state index contributed by atoms with van der Waals surface area (Å²) >= 11 is 0. The van der Waals surface area contributed by atoms with Gasteiger partial charge in [-0.1, -0.05) is 132 Å². The van der Waals surface area contributed by atoms with Gasteiger partial charge in [-0.05, 0) is 83.5 Å². The van der Waals surface area contributed by atoms with Crippen molar-refractivity contribution in [2.45, 2.75) is 186 Å². The topological polar surface area (TPSA) is 132 Å². The predicted molar refractivity (Wildman–Crippen MR) is 215 cm³/mol. The van der Waals surface area contributed by atoms with E-state index in [1.807, 2.05) is 0 Å². The third-order valence-corrected chi connectivity index (χ3v) is 9.42. The van der Waals surface area contributed by atoms with Crippen LogP contribution in [0.15, 0.2) is 60.8 Å². The van der Waals surface area contributed by atoms with Gasteiger partial charge in [0.1, 0.15) is 6.61 Å². The lowest BCUT2D eigenvalue weighted by Crippen LogP contribution is -2.29. The summed E-state index contributed by atoms with van der Waals surface area (Å²) in [4.78, 5) is 42.9. The van der Waals surface area contributed by atoms with E-state index in [0.717, 1.165) is 83.5 Å². The van der Waals surface area contributed by atoms with Crippen molar-refractivity contribution >= 4 is 19.8 Å². The number of phosphoric acid groups is 1. The molecule has 2 N–H and O–H groups in total. The molecule has 9 nitrogen and oxygen atoms in total. The number of epoxide rings is 1. The zero-order chi connectivity index (χ0) is 38.7. The summed E-state index contributed by atoms with van der Waals surface area (Å²) in [5.41, 5.74) is 0. The molecule has 0 amide bonds. The lowest BCUT2D eigenvalue weighted by molar-refractivity contribution is -0.161. The summed E-state index contributed by atoms with van der Waals surface area (Å²) in [6.45, 7) is 3.57. The third kappa shape index (κ3) is 34.0. The SMILES string of the molecule is CCCCC/C=C\C/C=C\C/C=C\C/C=C\CCCCCC(=O)OC[C@H](COP(=O)(O)O)OC(=O)CCCCCCCC1OC1C/C=C\CCCCC. The van der Waals surface area contributed by atoms with Crippen molar-refractivity contribution in [3.05, 3.63) is 60.8 Å². The molecule has 10 heteroatoms. The second kappa shape index (κ2) is 34.2. The Balaban J connectivity index is 2.11. The number of hydrogen-bond acceptors (Lipinski definition) is 7. The van der Waals surface area contributed by atoms with Crippen LogP contribution in [0.5, 0.6) is 0 Å². The van der Waals surface area contributed by atoms with Gasteiger partial charge in [0.05, 0.1) is 18.8 Å². The highest BCUT2D eigenvalue weighted by molar-refractivity contribution is 7.46. The summed E-state index contributed by atoms with van der Waals surface area (Å²) in [6.07, 6.45) is 45.3. The number of unbranched alkanes of at least 4 members (excludes halogenated alkanes) is 13. The van der Waals surface area contributed by atoms with Gasteiger partial charge in [-0.15, -0.1) is 0 Å². The van der Waals surface area contributed by atoms with Gasteiger partial charge in [-0.3, -0.25) is 14.1 Å². The van der Waals surface area contributed by atoms with Crippen LogP contribution >= 0.6 is 7.82 Å². The van der Waals surface area contributed by atoms with Crippen LogP contribution in [0.4, 0.5) is 0 Å². The molecule has 0 spiro atoms. The molecule has 1 fully saturated rings. The summed E-state index contributed by atoms with van der Waals surface area (Å²) < 4.78 is 32.1. The van der Waals surface area contributed by atoms with Crippen molar-refractivity contribution in [2.24, 2.45) is 0 Å². The molecular weight excluding hydrogens is 691 g/mol. The molecule has 1 saturated heterocycles. The maximum Gasteiger partial charge on any atom is 0.469 e. The minimum absolute atomic E-state index is 0.179. The minimum atomic E-state index is -4.77. The number of rotatable bonds is 36. The molecule has 0 saturated carbocycles. The second-order valence-corrected chi connectivity index (χ2v) is 15.2. The lowest BCUT2D eigenvalue weighted by atomic mass is 10.1. The number of carbonyl (C=O) groups is 2. The van der Waals surface area contributed by atoms with Crippen molar-refractivity contribution in [1.82, 2.24) is 0 Å². The van der Waals surface area contributed by atoms with E-state index >= 15 is 0 Å². The summed E-state index contributed by atoms with van der Waals surface area (Å²) in [7, 11) is -4.77. The Morgan fingerprint density at radius 2 is 1.09 bits per heavy atom. The molecule has 1 aliphatic heterocycles. The van der Waals surface area contributed by atoms with Crippen molar-refractivity contribution in [1.29, 1.82) is 0 Å². The molecule has 1 heterocycles. The molecule has 0 radical (unpaired) electrons. The standard InChI is InChI=1S/C43H73O9P/c1-3-5-7-9-11-12-13-14-15-16-17-18-19-20-21-22-23-27-31-35-42(44)49-37-39(38-50-53(46,47)48)51-43(45)36-32-28-24-26-30-34-41-40(52-41)33-29-25-10-8-6-4-2/h11-12,14-15,17-18,20-21,25,29,39-41H,3-10,13,16,19,22-24,26-28,30-38H2,1-2H3,(H2,46,47,48)/b12-11-,15-14-,18-17-,21-20-,29-25-/t39-,40?,41?/m1/s1. The smallest absolute Gasteiger partial charge is 0.462 e. The Bertz CT molecular complexity index is 1110. The maximum absolute atomic E-state index is 12.4. The Morgan fingerprint density at radius 3 is 1.68 bits per heavy atom. The fourth-order valence-corrected chi connectivity index (χ4v) is 6.07. The Kier molecular flexibility index (Phi) is 31.5. The molecule has 0 aromatic carbocycles. The first-order chi connectivity index (χ1) is 25.7. The summed E-state index contributed by atoms with van der Waals surface area (Å²) in [5.74, 6) is -0.948. The van der Waals surface area contributed by atoms with Gasteiger partial charge < -0.3 is 24.0 Å². The molecule has 304 valence electrons. The Hall–Kier alpha value is -2.29. The molecule has 0 aromatic rings. The van der Waals surface area contributed by atoms with Crippen LogP contribution in [0.25, 0.3) is 0 Å². The quantitative estimate of drug-likeness (QED) is 0.0210. The molecular formula is C43H73O9P. The first kappa shape index (κ1) is 48.7. The zero-order valence-electron chi connectivity index (χ0n) is 33.1. The maximum atomic E-state index is 12.4. The number of carbonyl (C=O) groups excluding carboxylic acids is 2. The molecule has 0 bridgehead atoms. The molecule has 2 unspecified atom stereocenters. The van der Waals surface area contributed by atoms with E-state index in [0.29, 0.717) is 25.0 Å². The molecule has 0 aromatic heterocycles. The van der Waals surface area contributed by atoms with Crippen LogP contribution in [0.2, 0.25) is 0 Å². The van der Waals surface area contributed by atoms with Gasteiger partial charge in [0.25, 0.3) is 0 Å². The van der Waals surface area contributed by atoms with Gasteiger partial charge in [-0.2, -0.15) is 0 Å². The van der Waals surface area contributed by atoms with Crippen molar-refractivity contribution < 1.29 is 42.7 Å². The number of allylic oxidation sites excluding steroid dienone is 9. The Morgan fingerprint density at radius 1 is 0.604 bits per heavy atom. The zero-order valence-corrected chi connectivity index (χ0v) is 34.0. The van der Waals surface area contributed by atoms with Gasteiger partial charge in [0, 0.05) is 12.8 Å². The summed E-state index contributed by atoms with van der Waals surface area (Å²) in [5, 5.41) is 0. The average Bonchev–Trinajstić information content (AvgIpc) is 3.88. The van der Waals surface area contributed by atoms with E-state index in [9.17, 15) is 14.2 Å². The van der Waals surface area contributed by atoms with E-state index in [1.54, 1.807) is 0 Å². The van der Waals surface area contributed by atoms with Gasteiger partial charge in [-0.25, -0.2) is 4.57 Å². The number of hydrogen-bond donors (Lipinski definition) is 2. The minimum Gasteiger partial charge on any atom is -0.462 e. The van der Waals surface area contributed by atoms with Crippen LogP contribution in [0.1, 0.15) is 168 Å². The highest BCUT2D eigenvalue weighted by atomic mass is 31.2. The fraction of sp³-hybridized carbons (Fsp3) is 0.721. The first-order valence-corrected chi connectivity index (χ1v) is 22.2. The highest BCUT2D eigenvalue weighted by Gasteiger charge is 2.36. The second-order valence-electron chi connectivity index (χ2n) is 14.0.